The van der Waals surface area contributed by atoms with Crippen LogP contribution in [-0.4, -0.2) is 23.9 Å². The highest BCUT2D eigenvalue weighted by Crippen LogP contribution is 2.36. The summed E-state index contributed by atoms with van der Waals surface area (Å²) in [7, 11) is 0. The molecule has 1 aromatic carbocycles. The maximum absolute atomic E-state index is 12.7. The van der Waals surface area contributed by atoms with Crippen molar-refractivity contribution in [3.63, 3.8) is 0 Å². The number of amides is 1. The van der Waals surface area contributed by atoms with Crippen molar-refractivity contribution in [3.05, 3.63) is 47.0 Å². The molecule has 2 fully saturated rings. The van der Waals surface area contributed by atoms with Crippen LogP contribution in [0.1, 0.15) is 50.5 Å². The van der Waals surface area contributed by atoms with Gasteiger partial charge < -0.3 is 4.90 Å². The molecule has 1 aromatic rings. The average Bonchev–Trinajstić information content (AvgIpc) is 3.34. The number of benzene rings is 1. The lowest BCUT2D eigenvalue weighted by molar-refractivity contribution is -0.133. The molecule has 1 aliphatic heterocycles. The summed E-state index contributed by atoms with van der Waals surface area (Å²) in [5, 5.41) is 0. The molecule has 2 aliphatic rings. The maximum Gasteiger partial charge on any atom is 0.230 e. The Morgan fingerprint density at radius 1 is 1.05 bits per heavy atom. The number of hydrogen-bond acceptors (Lipinski definition) is 1. The topological polar surface area (TPSA) is 20.3 Å². The van der Waals surface area contributed by atoms with Gasteiger partial charge in [0.05, 0.1) is 5.92 Å². The average molecular weight is 269 g/mol. The summed E-state index contributed by atoms with van der Waals surface area (Å²) in [6.07, 6.45) is 5.71. The van der Waals surface area contributed by atoms with Crippen LogP contribution in [0.4, 0.5) is 0 Å². The van der Waals surface area contributed by atoms with Crippen LogP contribution in [0.5, 0.6) is 0 Å². The number of carbonyl (C=O) groups excluding carboxylic acids is 1. The summed E-state index contributed by atoms with van der Waals surface area (Å²) < 4.78 is 0. The molecule has 0 radical (unpaired) electrons. The molecule has 0 N–H and O–H groups in total. The lowest BCUT2D eigenvalue weighted by Gasteiger charge is -2.31. The highest BCUT2D eigenvalue weighted by atomic mass is 16.2. The van der Waals surface area contributed by atoms with Crippen LogP contribution in [0.3, 0.4) is 0 Å². The molecular weight excluding hydrogens is 246 g/mol. The Hall–Kier alpha value is -1.57. The third kappa shape index (κ3) is 2.79. The van der Waals surface area contributed by atoms with Gasteiger partial charge in [-0.3, -0.25) is 4.79 Å². The molecular formula is C18H23NO. The third-order valence-corrected chi connectivity index (χ3v) is 4.59. The zero-order chi connectivity index (χ0) is 13.9. The van der Waals surface area contributed by atoms with Crippen molar-refractivity contribution in [2.45, 2.75) is 44.9 Å². The molecule has 20 heavy (non-hydrogen) atoms. The fourth-order valence-electron chi connectivity index (χ4n) is 3.23. The molecule has 0 aromatic heterocycles. The normalized spacial score (nSPS) is 19.9. The number of rotatable bonds is 3. The quantitative estimate of drug-likeness (QED) is 0.762. The van der Waals surface area contributed by atoms with Crippen molar-refractivity contribution in [1.82, 2.24) is 4.90 Å². The van der Waals surface area contributed by atoms with Crippen molar-refractivity contribution in [3.8, 4) is 0 Å². The third-order valence-electron chi connectivity index (χ3n) is 4.59. The Labute approximate surface area is 121 Å². The van der Waals surface area contributed by atoms with Gasteiger partial charge in [-0.1, -0.05) is 48.4 Å². The Kier molecular flexibility index (Phi) is 3.90. The first-order valence-corrected chi connectivity index (χ1v) is 7.83. The minimum absolute atomic E-state index is 0.0336. The zero-order valence-electron chi connectivity index (χ0n) is 12.3. The van der Waals surface area contributed by atoms with Gasteiger partial charge in [-0.2, -0.15) is 0 Å². The number of carbonyl (C=O) groups is 1. The van der Waals surface area contributed by atoms with E-state index in [1.54, 1.807) is 11.1 Å². The van der Waals surface area contributed by atoms with Crippen molar-refractivity contribution in [2.24, 2.45) is 0 Å². The Morgan fingerprint density at radius 2 is 1.65 bits per heavy atom. The summed E-state index contributed by atoms with van der Waals surface area (Å²) >= 11 is 0. The molecule has 0 spiro atoms. The summed E-state index contributed by atoms with van der Waals surface area (Å²) in [5.41, 5.74) is 4.47. The van der Waals surface area contributed by atoms with Crippen LogP contribution in [-0.2, 0) is 4.79 Å². The lowest BCUT2D eigenvalue weighted by Crippen LogP contribution is -2.39. The van der Waals surface area contributed by atoms with Crippen molar-refractivity contribution < 1.29 is 4.79 Å². The monoisotopic (exact) mass is 269 g/mol. The van der Waals surface area contributed by atoms with Gasteiger partial charge in [0.1, 0.15) is 0 Å². The highest BCUT2D eigenvalue weighted by Gasteiger charge is 2.28. The van der Waals surface area contributed by atoms with Crippen LogP contribution in [0.15, 0.2) is 41.5 Å². The van der Waals surface area contributed by atoms with E-state index < -0.39 is 0 Å². The fourth-order valence-corrected chi connectivity index (χ4v) is 3.23. The van der Waals surface area contributed by atoms with E-state index in [1.165, 1.54) is 12.8 Å². The van der Waals surface area contributed by atoms with Crippen LogP contribution in [0, 0.1) is 0 Å². The van der Waals surface area contributed by atoms with E-state index >= 15 is 0 Å². The van der Waals surface area contributed by atoms with Gasteiger partial charge in [-0.15, -0.1) is 0 Å². The summed E-state index contributed by atoms with van der Waals surface area (Å²) in [6, 6.07) is 10.2. The van der Waals surface area contributed by atoms with E-state index in [0.717, 1.165) is 37.9 Å². The van der Waals surface area contributed by atoms with E-state index in [4.69, 9.17) is 0 Å². The molecule has 106 valence electrons. The van der Waals surface area contributed by atoms with Crippen LogP contribution in [0.25, 0.3) is 0 Å². The maximum atomic E-state index is 12.7. The highest BCUT2D eigenvalue weighted by molar-refractivity contribution is 5.83. The van der Waals surface area contributed by atoms with Gasteiger partial charge in [0, 0.05) is 13.1 Å². The predicted octanol–water partition coefficient (Wildman–Crippen LogP) is 3.89. The van der Waals surface area contributed by atoms with Crippen LogP contribution < -0.4 is 0 Å². The van der Waals surface area contributed by atoms with E-state index in [2.05, 4.69) is 24.0 Å². The van der Waals surface area contributed by atoms with Gasteiger partial charge in [-0.05, 0) is 37.7 Å². The molecule has 1 saturated heterocycles. The molecule has 1 aliphatic carbocycles. The van der Waals surface area contributed by atoms with Crippen molar-refractivity contribution in [2.75, 3.05) is 13.1 Å². The number of allylic oxidation sites excluding steroid dienone is 1. The minimum atomic E-state index is 0.0336. The second-order valence-corrected chi connectivity index (χ2v) is 5.90. The summed E-state index contributed by atoms with van der Waals surface area (Å²) in [5.74, 6) is 0.352. The van der Waals surface area contributed by atoms with Crippen LogP contribution >= 0.6 is 0 Å². The standard InChI is InChI=1S/C18H23NO/c1-2-17(16-6-4-3-5-7-16)18(20)19-12-10-15(11-13-19)14-8-9-14/h3-7,17H,2,8-13H2,1H3. The first-order chi connectivity index (χ1) is 9.79. The molecule has 1 unspecified atom stereocenters. The Morgan fingerprint density at radius 3 is 2.20 bits per heavy atom. The number of hydrogen-bond donors (Lipinski definition) is 0. The zero-order valence-corrected chi connectivity index (χ0v) is 12.3. The van der Waals surface area contributed by atoms with Crippen LogP contribution in [0.2, 0.25) is 0 Å². The van der Waals surface area contributed by atoms with Gasteiger partial charge >= 0.3 is 0 Å². The second kappa shape index (κ2) is 5.82. The summed E-state index contributed by atoms with van der Waals surface area (Å²) in [4.78, 5) is 14.8. The lowest BCUT2D eigenvalue weighted by atomic mass is 9.93. The second-order valence-electron chi connectivity index (χ2n) is 5.90. The molecule has 3 rings (SSSR count). The number of nitrogens with zero attached hydrogens (tertiary/aromatic N) is 1. The fraction of sp³-hybridized carbons (Fsp3) is 0.500. The molecule has 1 amide bonds. The SMILES string of the molecule is CCC(C(=O)N1CCC(=C2CC2)CC1)c1ccccc1. The largest absolute Gasteiger partial charge is 0.342 e. The van der Waals surface area contributed by atoms with E-state index in [9.17, 15) is 4.79 Å². The van der Waals surface area contributed by atoms with E-state index in [1.807, 2.05) is 18.2 Å². The molecule has 2 heteroatoms. The first kappa shape index (κ1) is 13.4. The Bertz CT molecular complexity index is 501. The van der Waals surface area contributed by atoms with Gasteiger partial charge in [0.25, 0.3) is 0 Å². The predicted molar refractivity (Wildman–Crippen MR) is 81.5 cm³/mol. The van der Waals surface area contributed by atoms with E-state index in [-0.39, 0.29) is 5.92 Å². The van der Waals surface area contributed by atoms with Gasteiger partial charge in [0.15, 0.2) is 0 Å². The molecule has 1 atom stereocenters. The number of piperidine rings is 1. The minimum Gasteiger partial charge on any atom is -0.342 e. The Balaban J connectivity index is 1.67. The molecule has 1 heterocycles. The van der Waals surface area contributed by atoms with Gasteiger partial charge in [0.2, 0.25) is 5.91 Å². The van der Waals surface area contributed by atoms with E-state index in [0.29, 0.717) is 5.91 Å². The smallest absolute Gasteiger partial charge is 0.230 e. The van der Waals surface area contributed by atoms with Crippen molar-refractivity contribution in [1.29, 1.82) is 0 Å². The molecule has 2 nitrogen and oxygen atoms in total. The summed E-state index contributed by atoms with van der Waals surface area (Å²) in [6.45, 7) is 3.94. The first-order valence-electron chi connectivity index (χ1n) is 7.83. The number of likely N-dealkylation sites (tertiary alicyclic amines) is 1. The van der Waals surface area contributed by atoms with Crippen molar-refractivity contribution >= 4 is 5.91 Å². The molecule has 0 bridgehead atoms. The molecule has 1 saturated carbocycles. The van der Waals surface area contributed by atoms with Gasteiger partial charge in [-0.25, -0.2) is 0 Å².